The molecule has 2 aromatic carbocycles. The molecule has 2 amide bonds. The Morgan fingerprint density at radius 3 is 2.52 bits per heavy atom. The highest BCUT2D eigenvalue weighted by molar-refractivity contribution is 5.96. The third-order valence-corrected chi connectivity index (χ3v) is 5.22. The Hall–Kier alpha value is -3.06. The summed E-state index contributed by atoms with van der Waals surface area (Å²) in [6, 6.07) is 11.3. The number of likely N-dealkylation sites (N-methyl/N-ethyl adjacent to an activating group) is 1. The lowest BCUT2D eigenvalue weighted by molar-refractivity contribution is -0.908. The zero-order valence-corrected chi connectivity index (χ0v) is 17.3. The fraction of sp³-hybridized carbons (Fsp3) is 0.364. The molecule has 0 saturated heterocycles. The average Bonchev–Trinajstić information content (AvgIpc) is 3.16. The molecule has 1 aliphatic rings. The third kappa shape index (κ3) is 5.06. The zero-order chi connectivity index (χ0) is 21.0. The number of aryl methyl sites for hydroxylation is 2. The smallest absolute Gasteiger partial charge is 0.278 e. The summed E-state index contributed by atoms with van der Waals surface area (Å²) in [6.07, 6.45) is 0. The van der Waals surface area contributed by atoms with Crippen LogP contribution in [-0.2, 0) is 16.1 Å². The van der Waals surface area contributed by atoms with Crippen molar-refractivity contribution >= 4 is 17.5 Å². The first-order valence-electron chi connectivity index (χ1n) is 9.69. The van der Waals surface area contributed by atoms with Crippen molar-refractivity contribution < 1.29 is 24.0 Å². The van der Waals surface area contributed by atoms with E-state index in [0.717, 1.165) is 38.8 Å². The van der Waals surface area contributed by atoms with E-state index in [-0.39, 0.29) is 31.2 Å². The van der Waals surface area contributed by atoms with Crippen molar-refractivity contribution in [2.75, 3.05) is 25.7 Å². The first-order valence-corrected chi connectivity index (χ1v) is 9.69. The van der Waals surface area contributed by atoms with Crippen LogP contribution in [0.4, 0.5) is 5.69 Å². The molecule has 1 unspecified atom stereocenters. The highest BCUT2D eigenvalue weighted by Gasteiger charge is 2.23. The van der Waals surface area contributed by atoms with Gasteiger partial charge in [-0.2, -0.15) is 0 Å². The second-order valence-electron chi connectivity index (χ2n) is 7.47. The summed E-state index contributed by atoms with van der Waals surface area (Å²) in [5.41, 5.74) is 3.83. The van der Waals surface area contributed by atoms with E-state index in [2.05, 4.69) is 10.6 Å². The van der Waals surface area contributed by atoms with Gasteiger partial charge in [0.25, 0.3) is 5.91 Å². The lowest BCUT2D eigenvalue weighted by atomic mass is 10.1. The maximum atomic E-state index is 12.5. The molecular formula is C22H28N3O4+. The van der Waals surface area contributed by atoms with Crippen molar-refractivity contribution in [2.24, 2.45) is 0 Å². The summed E-state index contributed by atoms with van der Waals surface area (Å²) in [7, 11) is 1.95. The van der Waals surface area contributed by atoms with Crippen LogP contribution in [0.3, 0.4) is 0 Å². The van der Waals surface area contributed by atoms with Gasteiger partial charge in [0, 0.05) is 11.3 Å². The van der Waals surface area contributed by atoms with Gasteiger partial charge < -0.3 is 25.0 Å². The van der Waals surface area contributed by atoms with Crippen LogP contribution in [0.1, 0.15) is 23.6 Å². The molecule has 2 atom stereocenters. The molecule has 1 heterocycles. The zero-order valence-electron chi connectivity index (χ0n) is 17.3. The Labute approximate surface area is 171 Å². The molecule has 3 N–H and O–H groups in total. The van der Waals surface area contributed by atoms with Crippen molar-refractivity contribution in [3.63, 3.8) is 0 Å². The van der Waals surface area contributed by atoms with Crippen LogP contribution in [0.5, 0.6) is 11.5 Å². The van der Waals surface area contributed by atoms with Gasteiger partial charge in [-0.15, -0.1) is 0 Å². The van der Waals surface area contributed by atoms with Crippen molar-refractivity contribution in [2.45, 2.75) is 33.4 Å². The van der Waals surface area contributed by atoms with Crippen molar-refractivity contribution in [3.05, 3.63) is 53.1 Å². The van der Waals surface area contributed by atoms with Gasteiger partial charge in [0.2, 0.25) is 12.7 Å². The summed E-state index contributed by atoms with van der Waals surface area (Å²) in [4.78, 5) is 25.8. The van der Waals surface area contributed by atoms with Gasteiger partial charge in [0.1, 0.15) is 6.54 Å². The molecule has 0 bridgehead atoms. The topological polar surface area (TPSA) is 81.1 Å². The molecule has 0 saturated carbocycles. The number of benzene rings is 2. The quantitative estimate of drug-likeness (QED) is 0.655. The van der Waals surface area contributed by atoms with Crippen molar-refractivity contribution in [1.82, 2.24) is 5.32 Å². The summed E-state index contributed by atoms with van der Waals surface area (Å²) < 4.78 is 10.7. The van der Waals surface area contributed by atoms with Gasteiger partial charge in [-0.1, -0.05) is 18.2 Å². The number of quaternary nitrogens is 1. The van der Waals surface area contributed by atoms with E-state index in [4.69, 9.17) is 9.47 Å². The Morgan fingerprint density at radius 1 is 1.10 bits per heavy atom. The standard InChI is InChI=1S/C22H27N3O4/c1-14-6-5-7-15(2)21(14)24-20(26)11-23-22(27)16(3)25(4)12-17-8-9-18-19(10-17)29-13-28-18/h5-10,16H,11-13H2,1-4H3,(H,23,27)(H,24,26)/p+1/t16-/m1/s1. The average molecular weight is 398 g/mol. The molecular weight excluding hydrogens is 370 g/mol. The number of hydrogen-bond donors (Lipinski definition) is 3. The van der Waals surface area contributed by atoms with Gasteiger partial charge in [0.05, 0.1) is 13.6 Å². The van der Waals surface area contributed by atoms with E-state index in [1.165, 1.54) is 0 Å². The highest BCUT2D eigenvalue weighted by Crippen LogP contribution is 2.32. The van der Waals surface area contributed by atoms with Gasteiger partial charge >= 0.3 is 0 Å². The number of fused-ring (bicyclic) bond motifs is 1. The SMILES string of the molecule is Cc1cccc(C)c1NC(=O)CNC(=O)[C@@H](C)[NH+](C)Cc1ccc2c(c1)OCO2. The summed E-state index contributed by atoms with van der Waals surface area (Å²) in [5, 5.41) is 5.61. The number of carbonyl (C=O) groups is 2. The fourth-order valence-corrected chi connectivity index (χ4v) is 3.27. The number of nitrogens with one attached hydrogen (secondary N) is 3. The minimum absolute atomic E-state index is 0.0613. The van der Waals surface area contributed by atoms with E-state index in [1.54, 1.807) is 0 Å². The lowest BCUT2D eigenvalue weighted by Crippen LogP contribution is -3.12. The first-order chi connectivity index (χ1) is 13.8. The predicted molar refractivity (Wildman–Crippen MR) is 110 cm³/mol. The number of para-hydroxylation sites is 1. The van der Waals surface area contributed by atoms with Crippen LogP contribution in [-0.4, -0.2) is 38.2 Å². The third-order valence-electron chi connectivity index (χ3n) is 5.22. The number of ether oxygens (including phenoxy) is 2. The van der Waals surface area contributed by atoms with Gasteiger partial charge in [0.15, 0.2) is 17.5 Å². The number of anilines is 1. The number of carbonyl (C=O) groups excluding carboxylic acids is 2. The number of hydrogen-bond acceptors (Lipinski definition) is 4. The Kier molecular flexibility index (Phi) is 6.39. The molecule has 0 aliphatic carbocycles. The lowest BCUT2D eigenvalue weighted by Gasteiger charge is -2.21. The van der Waals surface area contributed by atoms with Crippen LogP contribution in [0, 0.1) is 13.8 Å². The molecule has 7 nitrogen and oxygen atoms in total. The van der Waals surface area contributed by atoms with Gasteiger partial charge in [-0.3, -0.25) is 9.59 Å². The molecule has 3 rings (SSSR count). The molecule has 29 heavy (non-hydrogen) atoms. The molecule has 1 aliphatic heterocycles. The van der Waals surface area contributed by atoms with E-state index in [1.807, 2.05) is 64.2 Å². The van der Waals surface area contributed by atoms with Crippen LogP contribution >= 0.6 is 0 Å². The molecule has 7 heteroatoms. The van der Waals surface area contributed by atoms with Crippen LogP contribution in [0.2, 0.25) is 0 Å². The van der Waals surface area contributed by atoms with Crippen molar-refractivity contribution in [1.29, 1.82) is 0 Å². The van der Waals surface area contributed by atoms with Gasteiger partial charge in [-0.25, -0.2) is 0 Å². The van der Waals surface area contributed by atoms with Crippen LogP contribution < -0.4 is 25.0 Å². The maximum absolute atomic E-state index is 12.5. The Morgan fingerprint density at radius 2 is 1.79 bits per heavy atom. The molecule has 154 valence electrons. The molecule has 0 radical (unpaired) electrons. The molecule has 2 aromatic rings. The summed E-state index contributed by atoms with van der Waals surface area (Å²) >= 11 is 0. The minimum Gasteiger partial charge on any atom is -0.454 e. The Bertz CT molecular complexity index is 893. The molecule has 0 fully saturated rings. The molecule has 0 spiro atoms. The fourth-order valence-electron chi connectivity index (χ4n) is 3.27. The predicted octanol–water partition coefficient (Wildman–Crippen LogP) is 1.19. The first kappa shape index (κ1) is 20.7. The largest absolute Gasteiger partial charge is 0.454 e. The second-order valence-corrected chi connectivity index (χ2v) is 7.47. The number of amides is 2. The van der Waals surface area contributed by atoms with E-state index in [9.17, 15) is 9.59 Å². The minimum atomic E-state index is -0.312. The summed E-state index contributed by atoms with van der Waals surface area (Å²) in [5.74, 6) is 1.07. The second kappa shape index (κ2) is 8.96. The van der Waals surface area contributed by atoms with Crippen LogP contribution in [0.15, 0.2) is 36.4 Å². The van der Waals surface area contributed by atoms with Crippen molar-refractivity contribution in [3.8, 4) is 11.5 Å². The van der Waals surface area contributed by atoms with Crippen LogP contribution in [0.25, 0.3) is 0 Å². The monoisotopic (exact) mass is 398 g/mol. The summed E-state index contributed by atoms with van der Waals surface area (Å²) in [6.45, 7) is 6.56. The van der Waals surface area contributed by atoms with E-state index in [0.29, 0.717) is 6.54 Å². The van der Waals surface area contributed by atoms with Gasteiger partial charge in [-0.05, 0) is 50.1 Å². The Balaban J connectivity index is 1.50. The highest BCUT2D eigenvalue weighted by atomic mass is 16.7. The normalized spacial score (nSPS) is 14.2. The van der Waals surface area contributed by atoms with E-state index >= 15 is 0 Å². The molecule has 0 aromatic heterocycles. The number of rotatable bonds is 7. The van der Waals surface area contributed by atoms with E-state index < -0.39 is 0 Å². The maximum Gasteiger partial charge on any atom is 0.278 e.